The molecule has 1 heterocycles. The zero-order valence-electron chi connectivity index (χ0n) is 25.3. The number of anilines is 1. The number of halogens is 1. The van der Waals surface area contributed by atoms with E-state index in [1.54, 1.807) is 60.0 Å². The molecule has 0 aliphatic carbocycles. The molecular formula is C33H36FN3O7S2. The van der Waals surface area contributed by atoms with Gasteiger partial charge in [-0.2, -0.15) is 0 Å². The van der Waals surface area contributed by atoms with Crippen LogP contribution in [-0.4, -0.2) is 70.2 Å². The van der Waals surface area contributed by atoms with E-state index in [2.05, 4.69) is 5.32 Å². The van der Waals surface area contributed by atoms with Gasteiger partial charge in [-0.05, 0) is 71.8 Å². The van der Waals surface area contributed by atoms with Gasteiger partial charge in [-0.15, -0.1) is 23.5 Å². The quantitative estimate of drug-likeness (QED) is 0.130. The zero-order valence-corrected chi connectivity index (χ0v) is 26.9. The number of nitrogens with two attached hydrogens (primary N) is 1. The number of ketones is 1. The Kier molecular flexibility index (Phi) is 12.2. The number of aliphatic hydroxyl groups excluding tert-OH is 1. The molecule has 10 nitrogen and oxygen atoms in total. The van der Waals surface area contributed by atoms with E-state index < -0.39 is 47.0 Å². The summed E-state index contributed by atoms with van der Waals surface area (Å²) >= 11 is 2.96. The van der Waals surface area contributed by atoms with Crippen molar-refractivity contribution in [3.05, 3.63) is 89.7 Å². The first-order valence-corrected chi connectivity index (χ1v) is 16.8. The maximum absolute atomic E-state index is 13.6. The van der Waals surface area contributed by atoms with Gasteiger partial charge in [0.2, 0.25) is 5.91 Å². The molecule has 0 bridgehead atoms. The summed E-state index contributed by atoms with van der Waals surface area (Å²) in [5, 5.41) is 21.7. The van der Waals surface area contributed by atoms with Crippen molar-refractivity contribution in [1.29, 1.82) is 0 Å². The van der Waals surface area contributed by atoms with Gasteiger partial charge in [-0.3, -0.25) is 19.2 Å². The molecule has 1 fully saturated rings. The standard InChI is InChI=1S/C33H36FN3O7S2/c1-19(29(35)33(42)43)15-24(38)16-36-28(40)17-44-25-11-3-21(4-12-25)30-31(32(41)37(30)23-9-7-22(34)8-10-23)46-18-27(39)20-5-13-26(45-2)14-6-20/h3-14,19,27,29-31,39H,15-18,35H2,1-2H3,(H,36,40)(H,42,43)/t19?,27?,29-,30-,31-/m1/s1. The largest absolute Gasteiger partial charge is 0.484 e. The Hall–Kier alpha value is -3.91. The number of aliphatic hydroxyl groups is 1. The number of rotatable bonds is 16. The molecule has 244 valence electrons. The molecule has 5 atom stereocenters. The van der Waals surface area contributed by atoms with E-state index in [-0.39, 0.29) is 31.3 Å². The van der Waals surface area contributed by atoms with Crippen LogP contribution >= 0.6 is 23.5 Å². The molecule has 46 heavy (non-hydrogen) atoms. The molecule has 0 aromatic heterocycles. The first-order chi connectivity index (χ1) is 22.0. The number of carboxylic acids is 1. The van der Waals surface area contributed by atoms with Crippen LogP contribution in [0.2, 0.25) is 0 Å². The zero-order chi connectivity index (χ0) is 33.4. The maximum Gasteiger partial charge on any atom is 0.320 e. The normalized spacial score (nSPS) is 17.8. The number of hydrogen-bond donors (Lipinski definition) is 4. The van der Waals surface area contributed by atoms with Crippen LogP contribution in [0.4, 0.5) is 10.1 Å². The van der Waals surface area contributed by atoms with Crippen LogP contribution in [0.25, 0.3) is 0 Å². The number of Topliss-reactive ketones (excluding diaryl/α,β-unsaturated/α-hetero) is 1. The van der Waals surface area contributed by atoms with Crippen molar-refractivity contribution in [2.24, 2.45) is 11.7 Å². The second-order valence-electron chi connectivity index (χ2n) is 10.9. The molecule has 1 saturated heterocycles. The number of β-lactam (4-membered cyclic amide) rings is 1. The summed E-state index contributed by atoms with van der Waals surface area (Å²) < 4.78 is 19.2. The summed E-state index contributed by atoms with van der Waals surface area (Å²) in [6.45, 7) is 0.929. The number of carbonyl (C=O) groups excluding carboxylic acids is 3. The topological polar surface area (TPSA) is 159 Å². The Labute approximate surface area is 274 Å². The second kappa shape index (κ2) is 16.1. The highest BCUT2D eigenvalue weighted by Crippen LogP contribution is 2.46. The number of aliphatic carboxylic acids is 1. The molecule has 3 aromatic rings. The SMILES string of the molecule is CSc1ccc(C(O)CS[C@H]2C(=O)N(c3ccc(F)cc3)[C@@H]2c2ccc(OCC(=O)NCC(=O)CC(C)[C@@H](N)C(=O)O)cc2)cc1. The Balaban J connectivity index is 1.36. The lowest BCUT2D eigenvalue weighted by molar-refractivity contribution is -0.140. The molecule has 2 amide bonds. The summed E-state index contributed by atoms with van der Waals surface area (Å²) in [5.74, 6) is -2.54. The number of hydrogen-bond acceptors (Lipinski definition) is 9. The molecule has 1 aliphatic heterocycles. The van der Waals surface area contributed by atoms with Crippen molar-refractivity contribution in [3.63, 3.8) is 0 Å². The van der Waals surface area contributed by atoms with Crippen LogP contribution in [0.15, 0.2) is 77.7 Å². The number of benzene rings is 3. The van der Waals surface area contributed by atoms with Gasteiger partial charge in [0, 0.05) is 22.8 Å². The van der Waals surface area contributed by atoms with Crippen LogP contribution in [0.5, 0.6) is 5.75 Å². The highest BCUT2D eigenvalue weighted by Gasteiger charge is 2.49. The average molecular weight is 670 g/mol. The number of carbonyl (C=O) groups is 4. The summed E-state index contributed by atoms with van der Waals surface area (Å²) in [7, 11) is 0. The van der Waals surface area contributed by atoms with E-state index in [9.17, 15) is 28.7 Å². The lowest BCUT2D eigenvalue weighted by atomic mass is 9.92. The fraction of sp³-hybridized carbons (Fsp3) is 0.333. The van der Waals surface area contributed by atoms with Gasteiger partial charge in [0.25, 0.3) is 5.91 Å². The number of carboxylic acid groups (broad SMARTS) is 1. The van der Waals surface area contributed by atoms with E-state index in [1.165, 1.54) is 23.9 Å². The molecular weight excluding hydrogens is 634 g/mol. The first-order valence-electron chi connectivity index (χ1n) is 14.5. The highest BCUT2D eigenvalue weighted by molar-refractivity contribution is 8.00. The van der Waals surface area contributed by atoms with Crippen LogP contribution in [0.1, 0.15) is 36.6 Å². The van der Waals surface area contributed by atoms with Crippen LogP contribution in [0, 0.1) is 11.7 Å². The van der Waals surface area contributed by atoms with E-state index in [0.29, 0.717) is 17.2 Å². The van der Waals surface area contributed by atoms with Gasteiger partial charge >= 0.3 is 5.97 Å². The van der Waals surface area contributed by atoms with E-state index in [0.717, 1.165) is 16.0 Å². The van der Waals surface area contributed by atoms with Crippen LogP contribution in [-0.2, 0) is 19.2 Å². The van der Waals surface area contributed by atoms with Crippen molar-refractivity contribution in [1.82, 2.24) is 5.32 Å². The van der Waals surface area contributed by atoms with Crippen molar-refractivity contribution in [2.45, 2.75) is 41.7 Å². The predicted molar refractivity (Wildman–Crippen MR) is 175 cm³/mol. The third-order valence-corrected chi connectivity index (χ3v) is 9.68. The molecule has 0 spiro atoms. The smallest absolute Gasteiger partial charge is 0.320 e. The van der Waals surface area contributed by atoms with E-state index in [4.69, 9.17) is 15.6 Å². The molecule has 5 N–H and O–H groups in total. The van der Waals surface area contributed by atoms with Gasteiger partial charge in [-0.1, -0.05) is 31.2 Å². The number of thioether (sulfide) groups is 2. The van der Waals surface area contributed by atoms with Crippen molar-refractivity contribution >= 4 is 52.8 Å². The van der Waals surface area contributed by atoms with E-state index >= 15 is 0 Å². The summed E-state index contributed by atoms with van der Waals surface area (Å²) in [4.78, 5) is 51.3. The highest BCUT2D eigenvalue weighted by atomic mass is 32.2. The summed E-state index contributed by atoms with van der Waals surface area (Å²) in [6.07, 6.45) is 1.12. The molecule has 0 saturated carbocycles. The molecule has 0 radical (unpaired) electrons. The number of nitrogens with zero attached hydrogens (tertiary/aromatic N) is 1. The van der Waals surface area contributed by atoms with Crippen molar-refractivity contribution < 1.29 is 38.5 Å². The summed E-state index contributed by atoms with van der Waals surface area (Å²) in [6, 6.07) is 18.6. The van der Waals surface area contributed by atoms with Gasteiger partial charge in [0.05, 0.1) is 18.7 Å². The van der Waals surface area contributed by atoms with Crippen LogP contribution < -0.4 is 20.7 Å². The fourth-order valence-electron chi connectivity index (χ4n) is 4.92. The number of ether oxygens (including phenoxy) is 1. The average Bonchev–Trinajstić information content (AvgIpc) is 3.05. The van der Waals surface area contributed by atoms with Gasteiger partial charge in [-0.25, -0.2) is 4.39 Å². The molecule has 2 unspecified atom stereocenters. The van der Waals surface area contributed by atoms with E-state index in [1.807, 2.05) is 30.5 Å². The van der Waals surface area contributed by atoms with Crippen molar-refractivity contribution in [3.8, 4) is 5.75 Å². The fourth-order valence-corrected chi connectivity index (χ4v) is 6.62. The molecule has 3 aromatic carbocycles. The van der Waals surface area contributed by atoms with Gasteiger partial charge in [0.1, 0.15) is 22.9 Å². The van der Waals surface area contributed by atoms with Crippen molar-refractivity contribution in [2.75, 3.05) is 30.1 Å². The Bertz CT molecular complexity index is 1520. The third-order valence-electron chi connectivity index (χ3n) is 7.61. The minimum atomic E-state index is -1.20. The summed E-state index contributed by atoms with van der Waals surface area (Å²) in [5.41, 5.74) is 7.63. The predicted octanol–water partition coefficient (Wildman–Crippen LogP) is 3.97. The third kappa shape index (κ3) is 8.87. The molecule has 1 aliphatic rings. The lowest BCUT2D eigenvalue weighted by Crippen LogP contribution is -2.57. The Morgan fingerprint density at radius 3 is 2.30 bits per heavy atom. The minimum Gasteiger partial charge on any atom is -0.484 e. The number of nitrogens with one attached hydrogen (secondary N) is 1. The van der Waals surface area contributed by atoms with Gasteiger partial charge in [0.15, 0.2) is 12.4 Å². The van der Waals surface area contributed by atoms with Crippen LogP contribution in [0.3, 0.4) is 0 Å². The lowest BCUT2D eigenvalue weighted by Gasteiger charge is -2.47. The monoisotopic (exact) mass is 669 g/mol. The number of amides is 2. The minimum absolute atomic E-state index is 0.0851. The maximum atomic E-state index is 13.6. The molecule has 4 rings (SSSR count). The molecule has 13 heteroatoms. The Morgan fingerprint density at radius 2 is 1.70 bits per heavy atom. The first kappa shape index (κ1) is 35.0. The Morgan fingerprint density at radius 1 is 1.04 bits per heavy atom. The van der Waals surface area contributed by atoms with Gasteiger partial charge < -0.3 is 30.9 Å². The second-order valence-corrected chi connectivity index (χ2v) is 12.9.